The molecule has 2 aromatic rings. The summed E-state index contributed by atoms with van der Waals surface area (Å²) in [4.78, 5) is 0. The molecule has 0 saturated carbocycles. The summed E-state index contributed by atoms with van der Waals surface area (Å²) in [6, 6.07) is 9.16. The summed E-state index contributed by atoms with van der Waals surface area (Å²) in [5.74, 6) is 5.30. The third-order valence-electron chi connectivity index (χ3n) is 2.94. The minimum atomic E-state index is -0.441. The van der Waals surface area contributed by atoms with Gasteiger partial charge in [0.05, 0.1) is 13.2 Å². The molecule has 0 bridgehead atoms. The molecule has 3 N–H and O–H groups in total. The zero-order valence-corrected chi connectivity index (χ0v) is 12.2. The van der Waals surface area contributed by atoms with Crippen LogP contribution in [0.1, 0.15) is 17.2 Å². The first-order chi connectivity index (χ1) is 9.56. The Bertz CT molecular complexity index is 622. The lowest BCUT2D eigenvalue weighted by Crippen LogP contribution is -2.29. The Morgan fingerprint density at radius 2 is 1.95 bits per heavy atom. The van der Waals surface area contributed by atoms with Crippen LogP contribution < -0.4 is 16.0 Å². The maximum atomic E-state index is 13.5. The summed E-state index contributed by atoms with van der Waals surface area (Å²) < 4.78 is 18.4. The Morgan fingerprint density at radius 3 is 2.60 bits per heavy atom. The van der Waals surface area contributed by atoms with Crippen molar-refractivity contribution in [3.05, 3.63) is 63.4 Å². The van der Waals surface area contributed by atoms with E-state index in [1.54, 1.807) is 30.3 Å². The van der Waals surface area contributed by atoms with Crippen molar-refractivity contribution in [3.8, 4) is 5.75 Å². The number of nitrogens with one attached hydrogen (secondary N) is 1. The number of hydrogen-bond acceptors (Lipinski definition) is 3. The molecule has 0 aliphatic rings. The van der Waals surface area contributed by atoms with E-state index in [0.29, 0.717) is 15.6 Å². The Labute approximate surface area is 126 Å². The largest absolute Gasteiger partial charge is 0.494 e. The van der Waals surface area contributed by atoms with Gasteiger partial charge in [-0.3, -0.25) is 5.84 Å². The van der Waals surface area contributed by atoms with Crippen LogP contribution >= 0.6 is 23.2 Å². The fourth-order valence-corrected chi connectivity index (χ4v) is 2.36. The number of benzene rings is 2. The fraction of sp³-hybridized carbons (Fsp3) is 0.143. The molecule has 0 radical (unpaired) electrons. The normalized spacial score (nSPS) is 12.2. The Kier molecular flexibility index (Phi) is 4.83. The molecular formula is C14H13Cl2FN2O. The van der Waals surface area contributed by atoms with Gasteiger partial charge in [0.2, 0.25) is 0 Å². The monoisotopic (exact) mass is 314 g/mol. The van der Waals surface area contributed by atoms with Crippen LogP contribution in [0.25, 0.3) is 0 Å². The molecule has 0 fully saturated rings. The smallest absolute Gasteiger partial charge is 0.165 e. The second-order valence-electron chi connectivity index (χ2n) is 4.16. The first-order valence-corrected chi connectivity index (χ1v) is 6.57. The fourth-order valence-electron chi connectivity index (χ4n) is 1.96. The minimum absolute atomic E-state index is 0.140. The van der Waals surface area contributed by atoms with Gasteiger partial charge >= 0.3 is 0 Å². The van der Waals surface area contributed by atoms with E-state index in [4.69, 9.17) is 33.8 Å². The van der Waals surface area contributed by atoms with Crippen molar-refractivity contribution in [2.75, 3.05) is 7.11 Å². The van der Waals surface area contributed by atoms with Crippen LogP contribution in [-0.4, -0.2) is 7.11 Å². The molecule has 1 atom stereocenters. The van der Waals surface area contributed by atoms with Crippen LogP contribution in [0, 0.1) is 5.82 Å². The Balaban J connectivity index is 2.49. The molecule has 20 heavy (non-hydrogen) atoms. The molecule has 0 spiro atoms. The topological polar surface area (TPSA) is 47.3 Å². The van der Waals surface area contributed by atoms with Crippen LogP contribution in [0.15, 0.2) is 36.4 Å². The quantitative estimate of drug-likeness (QED) is 0.668. The summed E-state index contributed by atoms with van der Waals surface area (Å²) in [5, 5.41) is 1.05. The van der Waals surface area contributed by atoms with Crippen LogP contribution in [0.3, 0.4) is 0 Å². The molecule has 0 aliphatic heterocycles. The van der Waals surface area contributed by atoms with Gasteiger partial charge in [0.15, 0.2) is 11.6 Å². The zero-order chi connectivity index (χ0) is 14.7. The molecular weight excluding hydrogens is 302 g/mol. The maximum Gasteiger partial charge on any atom is 0.165 e. The van der Waals surface area contributed by atoms with Crippen molar-refractivity contribution in [2.24, 2.45) is 5.84 Å². The average Bonchev–Trinajstić information content (AvgIpc) is 2.45. The van der Waals surface area contributed by atoms with E-state index < -0.39 is 11.9 Å². The third kappa shape index (κ3) is 3.04. The van der Waals surface area contributed by atoms with Gasteiger partial charge in [-0.05, 0) is 41.5 Å². The summed E-state index contributed by atoms with van der Waals surface area (Å²) in [6.07, 6.45) is 0. The molecule has 0 saturated heterocycles. The van der Waals surface area contributed by atoms with E-state index in [0.717, 1.165) is 5.56 Å². The highest BCUT2D eigenvalue weighted by molar-refractivity contribution is 6.33. The predicted octanol–water partition coefficient (Wildman–Crippen LogP) is 3.69. The first-order valence-electron chi connectivity index (χ1n) is 5.81. The molecule has 6 heteroatoms. The van der Waals surface area contributed by atoms with Crippen molar-refractivity contribution in [1.82, 2.24) is 5.43 Å². The van der Waals surface area contributed by atoms with Gasteiger partial charge in [0.25, 0.3) is 0 Å². The number of rotatable bonds is 4. The molecule has 106 valence electrons. The van der Waals surface area contributed by atoms with Gasteiger partial charge in [-0.15, -0.1) is 0 Å². The second kappa shape index (κ2) is 6.41. The van der Waals surface area contributed by atoms with Gasteiger partial charge in [0.1, 0.15) is 0 Å². The molecule has 0 amide bonds. The van der Waals surface area contributed by atoms with Crippen LogP contribution in [-0.2, 0) is 0 Å². The lowest BCUT2D eigenvalue weighted by Gasteiger charge is -2.19. The summed E-state index contributed by atoms with van der Waals surface area (Å²) in [5.41, 5.74) is 4.07. The van der Waals surface area contributed by atoms with Crippen molar-refractivity contribution in [1.29, 1.82) is 0 Å². The number of ether oxygens (including phenoxy) is 1. The van der Waals surface area contributed by atoms with Crippen molar-refractivity contribution < 1.29 is 9.13 Å². The van der Waals surface area contributed by atoms with E-state index in [1.807, 2.05) is 0 Å². The number of methoxy groups -OCH3 is 1. The number of hydrazine groups is 1. The van der Waals surface area contributed by atoms with E-state index in [9.17, 15) is 4.39 Å². The van der Waals surface area contributed by atoms with Gasteiger partial charge in [0, 0.05) is 10.0 Å². The van der Waals surface area contributed by atoms with E-state index in [-0.39, 0.29) is 5.75 Å². The van der Waals surface area contributed by atoms with Crippen molar-refractivity contribution >= 4 is 23.2 Å². The summed E-state index contributed by atoms with van der Waals surface area (Å²) in [6.45, 7) is 0. The first kappa shape index (κ1) is 15.1. The van der Waals surface area contributed by atoms with Crippen LogP contribution in [0.4, 0.5) is 4.39 Å². The lowest BCUT2D eigenvalue weighted by atomic mass is 9.99. The standard InChI is InChI=1S/C14H13Cl2FN2O/c1-20-13-6-8(2-5-12(13)17)14(19-18)10-7-9(15)3-4-11(10)16/h2-7,14,19H,18H2,1H3. The van der Waals surface area contributed by atoms with Crippen LogP contribution in [0.5, 0.6) is 5.75 Å². The van der Waals surface area contributed by atoms with Crippen LogP contribution in [0.2, 0.25) is 10.0 Å². The van der Waals surface area contributed by atoms with Crippen molar-refractivity contribution in [2.45, 2.75) is 6.04 Å². The van der Waals surface area contributed by atoms with Crippen molar-refractivity contribution in [3.63, 3.8) is 0 Å². The number of halogens is 3. The van der Waals surface area contributed by atoms with E-state index in [2.05, 4.69) is 5.43 Å². The number of hydrogen-bond donors (Lipinski definition) is 2. The minimum Gasteiger partial charge on any atom is -0.494 e. The van der Waals surface area contributed by atoms with Gasteiger partial charge in [-0.25, -0.2) is 9.82 Å². The molecule has 2 rings (SSSR count). The van der Waals surface area contributed by atoms with E-state index in [1.165, 1.54) is 13.2 Å². The van der Waals surface area contributed by atoms with E-state index >= 15 is 0 Å². The summed E-state index contributed by atoms with van der Waals surface area (Å²) >= 11 is 12.1. The molecule has 1 unspecified atom stereocenters. The third-order valence-corrected chi connectivity index (χ3v) is 3.52. The highest BCUT2D eigenvalue weighted by Crippen LogP contribution is 2.32. The molecule has 3 nitrogen and oxygen atoms in total. The molecule has 2 aromatic carbocycles. The highest BCUT2D eigenvalue weighted by atomic mass is 35.5. The summed E-state index contributed by atoms with van der Waals surface area (Å²) in [7, 11) is 1.40. The SMILES string of the molecule is COc1cc(C(NN)c2cc(Cl)ccc2Cl)ccc1F. The number of nitrogens with two attached hydrogens (primary N) is 1. The van der Waals surface area contributed by atoms with Gasteiger partial charge < -0.3 is 4.74 Å². The molecule has 0 aliphatic carbocycles. The molecule has 0 heterocycles. The zero-order valence-electron chi connectivity index (χ0n) is 10.7. The average molecular weight is 315 g/mol. The molecule has 0 aromatic heterocycles. The lowest BCUT2D eigenvalue weighted by molar-refractivity contribution is 0.385. The Morgan fingerprint density at radius 1 is 1.20 bits per heavy atom. The Hall–Kier alpha value is -1.33. The maximum absolute atomic E-state index is 13.5. The van der Waals surface area contributed by atoms with Gasteiger partial charge in [-0.2, -0.15) is 0 Å². The van der Waals surface area contributed by atoms with Gasteiger partial charge in [-0.1, -0.05) is 29.3 Å². The highest BCUT2D eigenvalue weighted by Gasteiger charge is 2.18. The predicted molar refractivity (Wildman–Crippen MR) is 78.6 cm³/mol. The second-order valence-corrected chi connectivity index (χ2v) is 5.00.